The predicted octanol–water partition coefficient (Wildman–Crippen LogP) is 2.26. The fourth-order valence-electron chi connectivity index (χ4n) is 4.59. The maximum Gasteiger partial charge on any atom is 0.120 e. The van der Waals surface area contributed by atoms with Gasteiger partial charge in [0, 0.05) is 6.42 Å². The van der Waals surface area contributed by atoms with E-state index in [0.717, 1.165) is 30.5 Å². The van der Waals surface area contributed by atoms with Crippen LogP contribution in [0.3, 0.4) is 0 Å². The molecule has 66 valence electrons. The van der Waals surface area contributed by atoms with Crippen molar-refractivity contribution >= 4 is 6.29 Å². The zero-order chi connectivity index (χ0) is 8.56. The van der Waals surface area contributed by atoms with Crippen LogP contribution in [0.1, 0.15) is 33.1 Å². The molecule has 1 nitrogen and oxygen atoms in total. The number of hydrogen-bond acceptors (Lipinski definition) is 1. The maximum atomic E-state index is 10.6. The van der Waals surface area contributed by atoms with Crippen molar-refractivity contribution in [2.45, 2.75) is 33.1 Å². The Morgan fingerprint density at radius 2 is 1.92 bits per heavy atom. The highest BCUT2D eigenvalue weighted by Crippen LogP contribution is 2.86. The van der Waals surface area contributed by atoms with E-state index < -0.39 is 0 Å². The van der Waals surface area contributed by atoms with E-state index >= 15 is 0 Å². The smallest absolute Gasteiger partial charge is 0.120 e. The molecule has 1 heteroatoms. The lowest BCUT2D eigenvalue weighted by molar-refractivity contribution is -0.110. The van der Waals surface area contributed by atoms with Crippen LogP contribution in [-0.4, -0.2) is 6.29 Å². The van der Waals surface area contributed by atoms with Crippen molar-refractivity contribution in [3.05, 3.63) is 0 Å². The van der Waals surface area contributed by atoms with Crippen LogP contribution in [0.15, 0.2) is 0 Å². The van der Waals surface area contributed by atoms with Crippen molar-refractivity contribution in [1.82, 2.24) is 0 Å². The normalized spacial score (nSPS) is 65.3. The molecule has 0 heterocycles. The zero-order valence-electron chi connectivity index (χ0n) is 7.84. The van der Waals surface area contributed by atoms with Crippen LogP contribution in [0, 0.1) is 28.6 Å². The minimum absolute atomic E-state index is 0.379. The quantitative estimate of drug-likeness (QED) is 0.572. The second kappa shape index (κ2) is 1.64. The van der Waals surface area contributed by atoms with Crippen molar-refractivity contribution in [1.29, 1.82) is 0 Å². The summed E-state index contributed by atoms with van der Waals surface area (Å²) in [5.74, 6) is 2.86. The van der Waals surface area contributed by atoms with Crippen LogP contribution >= 0.6 is 0 Å². The molecule has 4 bridgehead atoms. The molecule has 12 heavy (non-hydrogen) atoms. The Labute approximate surface area is 73.5 Å². The van der Waals surface area contributed by atoms with E-state index in [9.17, 15) is 4.79 Å². The molecule has 0 radical (unpaired) electrons. The highest BCUT2D eigenvalue weighted by Gasteiger charge is 2.80. The topological polar surface area (TPSA) is 17.1 Å². The molecule has 4 fully saturated rings. The van der Waals surface area contributed by atoms with Crippen LogP contribution < -0.4 is 0 Å². The summed E-state index contributed by atoms with van der Waals surface area (Å²) in [7, 11) is 0. The molecule has 5 atom stereocenters. The molecule has 0 amide bonds. The Morgan fingerprint density at radius 3 is 2.25 bits per heavy atom. The number of carbonyl (C=O) groups excluding carboxylic acids is 1. The van der Waals surface area contributed by atoms with Crippen molar-refractivity contribution < 1.29 is 4.79 Å². The Kier molecular flexibility index (Phi) is 0.971. The lowest BCUT2D eigenvalue weighted by atomic mass is 9.72. The summed E-state index contributed by atoms with van der Waals surface area (Å²) in [5.41, 5.74) is 0.947. The van der Waals surface area contributed by atoms with E-state index in [1.165, 1.54) is 12.8 Å². The second-order valence-corrected chi connectivity index (χ2v) is 5.45. The predicted molar refractivity (Wildman–Crippen MR) is 46.6 cm³/mol. The van der Waals surface area contributed by atoms with Crippen LogP contribution in [0.4, 0.5) is 0 Å². The first kappa shape index (κ1) is 7.11. The largest absolute Gasteiger partial charge is 0.303 e. The summed E-state index contributed by atoms with van der Waals surface area (Å²) >= 11 is 0. The van der Waals surface area contributed by atoms with E-state index in [2.05, 4.69) is 13.8 Å². The second-order valence-electron chi connectivity index (χ2n) is 5.45. The maximum absolute atomic E-state index is 10.6. The van der Waals surface area contributed by atoms with Gasteiger partial charge < -0.3 is 4.79 Å². The molecule has 0 saturated heterocycles. The molecule has 0 spiro atoms. The minimum Gasteiger partial charge on any atom is -0.303 e. The molecule has 0 aliphatic heterocycles. The molecular formula is C11H16O. The molecular weight excluding hydrogens is 148 g/mol. The van der Waals surface area contributed by atoms with E-state index in [1.54, 1.807) is 0 Å². The fraction of sp³-hybridized carbons (Fsp3) is 0.909. The first-order chi connectivity index (χ1) is 5.64. The van der Waals surface area contributed by atoms with Crippen molar-refractivity contribution in [3.63, 3.8) is 0 Å². The summed E-state index contributed by atoms with van der Waals surface area (Å²) in [6.07, 6.45) is 4.79. The van der Waals surface area contributed by atoms with Crippen molar-refractivity contribution in [3.8, 4) is 0 Å². The van der Waals surface area contributed by atoms with Gasteiger partial charge in [0.25, 0.3) is 0 Å². The van der Waals surface area contributed by atoms with Gasteiger partial charge in [-0.05, 0) is 41.4 Å². The lowest BCUT2D eigenvalue weighted by Gasteiger charge is -2.32. The zero-order valence-corrected chi connectivity index (χ0v) is 7.84. The van der Waals surface area contributed by atoms with E-state index in [1.807, 2.05) is 0 Å². The molecule has 0 aromatic heterocycles. The minimum atomic E-state index is 0.379. The Hall–Kier alpha value is -0.330. The highest BCUT2D eigenvalue weighted by atomic mass is 16.1. The molecule has 0 aromatic carbocycles. The molecule has 4 aliphatic carbocycles. The summed E-state index contributed by atoms with van der Waals surface area (Å²) < 4.78 is 0. The van der Waals surface area contributed by atoms with Gasteiger partial charge in [0.05, 0.1) is 0 Å². The van der Waals surface area contributed by atoms with Gasteiger partial charge in [-0.3, -0.25) is 0 Å². The van der Waals surface area contributed by atoms with Crippen LogP contribution in [0.2, 0.25) is 0 Å². The number of hydrogen-bond donors (Lipinski definition) is 0. The Morgan fingerprint density at radius 1 is 1.33 bits per heavy atom. The molecule has 4 aliphatic rings. The van der Waals surface area contributed by atoms with Crippen molar-refractivity contribution in [2.24, 2.45) is 28.6 Å². The summed E-state index contributed by atoms with van der Waals surface area (Å²) in [4.78, 5) is 10.6. The Bertz CT molecular complexity index is 246. The van der Waals surface area contributed by atoms with Gasteiger partial charge in [-0.25, -0.2) is 0 Å². The number of aldehydes is 1. The third-order valence-corrected chi connectivity index (χ3v) is 5.63. The average molecular weight is 164 g/mol. The molecule has 4 rings (SSSR count). The van der Waals surface area contributed by atoms with Crippen LogP contribution in [-0.2, 0) is 4.79 Å². The van der Waals surface area contributed by atoms with Gasteiger partial charge in [0.1, 0.15) is 6.29 Å². The third kappa shape index (κ3) is 0.439. The van der Waals surface area contributed by atoms with Gasteiger partial charge in [-0.2, -0.15) is 0 Å². The summed E-state index contributed by atoms with van der Waals surface area (Å²) in [5, 5.41) is 0. The molecule has 2 unspecified atom stereocenters. The van der Waals surface area contributed by atoms with Crippen LogP contribution in [0.5, 0.6) is 0 Å². The van der Waals surface area contributed by atoms with E-state index in [0.29, 0.717) is 10.8 Å². The standard InChI is InChI=1S/C11H16O/c1-10(3-4-12)7-5-8-9(6-7)11(8,10)2/h4,7-9H,3,5-6H2,1-2H3/t7?,8-,9+,10-,11?/m1/s1. The Balaban J connectivity index is 2.02. The van der Waals surface area contributed by atoms with Gasteiger partial charge in [0.2, 0.25) is 0 Å². The number of carbonyl (C=O) groups is 1. The van der Waals surface area contributed by atoms with Crippen molar-refractivity contribution in [2.75, 3.05) is 0 Å². The fourth-order valence-corrected chi connectivity index (χ4v) is 4.59. The SMILES string of the molecule is CC12[C@@H]3CC(C[C@@H]31)[C@@]2(C)CC=O. The molecule has 0 aromatic rings. The summed E-state index contributed by atoms with van der Waals surface area (Å²) in [6, 6.07) is 0. The van der Waals surface area contributed by atoms with E-state index in [-0.39, 0.29) is 0 Å². The van der Waals surface area contributed by atoms with Gasteiger partial charge in [-0.15, -0.1) is 0 Å². The summed E-state index contributed by atoms with van der Waals surface area (Å²) in [6.45, 7) is 4.76. The number of rotatable bonds is 2. The first-order valence-electron chi connectivity index (χ1n) is 5.08. The van der Waals surface area contributed by atoms with Gasteiger partial charge in [-0.1, -0.05) is 13.8 Å². The molecule has 0 N–H and O–H groups in total. The van der Waals surface area contributed by atoms with Crippen LogP contribution in [0.25, 0.3) is 0 Å². The monoisotopic (exact) mass is 164 g/mol. The lowest BCUT2D eigenvalue weighted by Crippen LogP contribution is -2.27. The average Bonchev–Trinajstić information content (AvgIpc) is 2.41. The van der Waals surface area contributed by atoms with E-state index in [4.69, 9.17) is 0 Å². The first-order valence-corrected chi connectivity index (χ1v) is 5.08. The highest BCUT2D eigenvalue weighted by molar-refractivity contribution is 5.53. The van der Waals surface area contributed by atoms with Gasteiger partial charge >= 0.3 is 0 Å². The third-order valence-electron chi connectivity index (χ3n) is 5.63. The van der Waals surface area contributed by atoms with Gasteiger partial charge in [0.15, 0.2) is 0 Å². The molecule has 4 saturated carbocycles.